The lowest BCUT2D eigenvalue weighted by Gasteiger charge is -2.13. The average molecular weight is 522 g/mol. The summed E-state index contributed by atoms with van der Waals surface area (Å²) in [6, 6.07) is 15.8. The maximum atomic E-state index is 14.0. The number of halogens is 1. The van der Waals surface area contributed by atoms with Crippen molar-refractivity contribution >= 4 is 41.1 Å². The number of fused-ring (bicyclic) bond motifs is 1. The van der Waals surface area contributed by atoms with E-state index in [1.165, 1.54) is 20.3 Å². The van der Waals surface area contributed by atoms with Crippen molar-refractivity contribution in [3.63, 3.8) is 0 Å². The van der Waals surface area contributed by atoms with Gasteiger partial charge >= 0.3 is 5.97 Å². The number of aromatic nitrogens is 1. The van der Waals surface area contributed by atoms with Crippen LogP contribution in [0, 0.1) is 5.95 Å². The summed E-state index contributed by atoms with van der Waals surface area (Å²) in [7, 11) is 2.97. The molecule has 0 unspecified atom stereocenters. The van der Waals surface area contributed by atoms with Crippen molar-refractivity contribution in [2.45, 2.75) is 17.9 Å². The number of carbonyl (C=O) groups is 2. The summed E-state index contributed by atoms with van der Waals surface area (Å²) < 4.78 is 25.0. The minimum Gasteiger partial charge on any atom is -0.495 e. The Kier molecular flexibility index (Phi) is 8.19. The van der Waals surface area contributed by atoms with E-state index in [0.29, 0.717) is 51.2 Å². The number of pyridine rings is 1. The summed E-state index contributed by atoms with van der Waals surface area (Å²) in [4.78, 5) is 32.8. The first kappa shape index (κ1) is 25.9. The molecule has 1 aliphatic heterocycles. The van der Waals surface area contributed by atoms with Crippen LogP contribution in [-0.4, -0.2) is 47.7 Å². The number of nitrogens with one attached hydrogen (secondary N) is 1. The molecule has 10 heteroatoms. The van der Waals surface area contributed by atoms with Gasteiger partial charge in [0.15, 0.2) is 0 Å². The molecular formula is C27H24FN3O5S. The Labute approximate surface area is 217 Å². The lowest BCUT2D eigenvalue weighted by molar-refractivity contribution is -0.134. The number of amides is 1. The van der Waals surface area contributed by atoms with Crippen molar-refractivity contribution in [2.75, 3.05) is 20.0 Å². The Bertz CT molecular complexity index is 1370. The highest BCUT2D eigenvalue weighted by atomic mass is 32.2. The van der Waals surface area contributed by atoms with Crippen LogP contribution in [0.15, 0.2) is 64.5 Å². The summed E-state index contributed by atoms with van der Waals surface area (Å²) in [6.07, 6.45) is 1.69. The molecule has 0 bridgehead atoms. The van der Waals surface area contributed by atoms with E-state index in [9.17, 15) is 14.0 Å². The van der Waals surface area contributed by atoms with Crippen LogP contribution in [-0.2, 0) is 16.1 Å². The predicted molar refractivity (Wildman–Crippen MR) is 139 cm³/mol. The molecule has 2 N–H and O–H groups in total. The largest absolute Gasteiger partial charge is 0.495 e. The van der Waals surface area contributed by atoms with E-state index in [1.54, 1.807) is 24.3 Å². The molecule has 8 nitrogen and oxygen atoms in total. The molecule has 190 valence electrons. The Morgan fingerprint density at radius 2 is 1.78 bits per heavy atom. The third-order valence-corrected chi connectivity index (χ3v) is 6.54. The summed E-state index contributed by atoms with van der Waals surface area (Å²) in [5.41, 5.74) is 3.39. The predicted octanol–water partition coefficient (Wildman–Crippen LogP) is 4.42. The van der Waals surface area contributed by atoms with Gasteiger partial charge in [0.25, 0.3) is 0 Å². The highest BCUT2D eigenvalue weighted by Crippen LogP contribution is 2.40. The van der Waals surface area contributed by atoms with Crippen LogP contribution in [0.25, 0.3) is 11.8 Å². The number of thioether (sulfide) groups is 1. The zero-order chi connectivity index (χ0) is 26.4. The molecule has 4 rings (SSSR count). The molecule has 3 aromatic rings. The zero-order valence-corrected chi connectivity index (χ0v) is 21.0. The lowest BCUT2D eigenvalue weighted by Crippen LogP contribution is -2.25. The van der Waals surface area contributed by atoms with E-state index in [2.05, 4.69) is 15.3 Å². The van der Waals surface area contributed by atoms with Crippen LogP contribution in [0.1, 0.15) is 28.8 Å². The van der Waals surface area contributed by atoms with Gasteiger partial charge in [-0.2, -0.15) is 4.39 Å². The van der Waals surface area contributed by atoms with E-state index in [-0.39, 0.29) is 18.1 Å². The van der Waals surface area contributed by atoms with Gasteiger partial charge in [-0.1, -0.05) is 30.3 Å². The summed E-state index contributed by atoms with van der Waals surface area (Å²) in [5.74, 6) is -1.16. The molecule has 1 aliphatic rings. The van der Waals surface area contributed by atoms with Gasteiger partial charge in [-0.25, -0.2) is 9.98 Å². The number of rotatable bonds is 10. The van der Waals surface area contributed by atoms with Crippen molar-refractivity contribution in [1.29, 1.82) is 0 Å². The number of hydrogen-bond donors (Lipinski definition) is 2. The fourth-order valence-electron chi connectivity index (χ4n) is 3.78. The molecule has 2 heterocycles. The maximum absolute atomic E-state index is 14.0. The zero-order valence-electron chi connectivity index (χ0n) is 20.2. The van der Waals surface area contributed by atoms with Gasteiger partial charge in [0.2, 0.25) is 11.9 Å². The molecule has 0 fully saturated rings. The summed E-state index contributed by atoms with van der Waals surface area (Å²) in [6.45, 7) is 0.366. The van der Waals surface area contributed by atoms with Crippen LogP contribution >= 0.6 is 11.8 Å². The Hall–Kier alpha value is -4.18. The van der Waals surface area contributed by atoms with Crippen molar-refractivity contribution in [2.24, 2.45) is 4.99 Å². The molecule has 1 aromatic heterocycles. The normalized spacial score (nSPS) is 13.2. The van der Waals surface area contributed by atoms with Gasteiger partial charge in [0.05, 0.1) is 48.4 Å². The molecule has 0 saturated heterocycles. The number of benzene rings is 2. The SMILES string of the molecule is COc1cc(/C=C2/N=C(CC(=O)NCc3ccccc3)c3nc(F)ccc32)cc(OC)c1SCC(=O)O. The van der Waals surface area contributed by atoms with Crippen LogP contribution in [0.5, 0.6) is 11.5 Å². The van der Waals surface area contributed by atoms with Gasteiger partial charge in [0.1, 0.15) is 11.5 Å². The summed E-state index contributed by atoms with van der Waals surface area (Å²) in [5, 5.41) is 11.9. The quantitative estimate of drug-likeness (QED) is 0.300. The molecule has 0 saturated carbocycles. The smallest absolute Gasteiger partial charge is 0.313 e. The van der Waals surface area contributed by atoms with Crippen molar-refractivity contribution in [3.05, 3.63) is 82.9 Å². The van der Waals surface area contributed by atoms with Gasteiger partial charge < -0.3 is 19.9 Å². The average Bonchev–Trinajstić information content (AvgIpc) is 3.22. The van der Waals surface area contributed by atoms with Crippen LogP contribution < -0.4 is 14.8 Å². The fraction of sp³-hybridized carbons (Fsp3) is 0.185. The number of ether oxygens (including phenoxy) is 2. The minimum absolute atomic E-state index is 0.0644. The standard InChI is InChI=1S/C27H24FN3O5S/c1-35-21-11-17(12-22(36-2)27(21)37-15-25(33)34)10-19-18-8-9-23(28)31-26(18)20(30-19)13-24(32)29-14-16-6-4-3-5-7-16/h3-12H,13-15H2,1-2H3,(H,29,32)(H,33,34)/b19-10+. The van der Waals surface area contributed by atoms with Crippen LogP contribution in [0.2, 0.25) is 0 Å². The highest BCUT2D eigenvalue weighted by Gasteiger charge is 2.25. The van der Waals surface area contributed by atoms with Crippen molar-refractivity contribution in [3.8, 4) is 11.5 Å². The molecule has 0 aliphatic carbocycles. The molecule has 0 spiro atoms. The second-order valence-electron chi connectivity index (χ2n) is 7.99. The molecule has 1 amide bonds. The number of aliphatic carboxylic acids is 1. The van der Waals surface area contributed by atoms with Gasteiger partial charge in [-0.3, -0.25) is 9.59 Å². The Balaban J connectivity index is 1.63. The van der Waals surface area contributed by atoms with E-state index in [4.69, 9.17) is 14.6 Å². The number of aliphatic imine (C=N–C) groups is 1. The molecule has 0 atom stereocenters. The molecule has 2 aromatic carbocycles. The number of hydrogen-bond acceptors (Lipinski definition) is 7. The summed E-state index contributed by atoms with van der Waals surface area (Å²) >= 11 is 1.09. The van der Waals surface area contributed by atoms with Gasteiger partial charge in [-0.15, -0.1) is 11.8 Å². The number of methoxy groups -OCH3 is 2. The first-order chi connectivity index (χ1) is 17.9. The number of carboxylic acids is 1. The van der Waals surface area contributed by atoms with E-state index in [1.807, 2.05) is 30.3 Å². The second-order valence-corrected chi connectivity index (χ2v) is 8.98. The van der Waals surface area contributed by atoms with Gasteiger partial charge in [-0.05, 0) is 41.5 Å². The second kappa shape index (κ2) is 11.7. The first-order valence-electron chi connectivity index (χ1n) is 11.3. The van der Waals surface area contributed by atoms with E-state index >= 15 is 0 Å². The maximum Gasteiger partial charge on any atom is 0.313 e. The third-order valence-electron chi connectivity index (χ3n) is 5.45. The van der Waals surface area contributed by atoms with Crippen LogP contribution in [0.4, 0.5) is 4.39 Å². The van der Waals surface area contributed by atoms with E-state index < -0.39 is 11.9 Å². The molecular weight excluding hydrogens is 497 g/mol. The third kappa shape index (κ3) is 6.34. The Morgan fingerprint density at radius 3 is 2.43 bits per heavy atom. The topological polar surface area (TPSA) is 110 Å². The van der Waals surface area contributed by atoms with E-state index in [0.717, 1.165) is 17.3 Å². The number of nitrogens with zero attached hydrogens (tertiary/aromatic N) is 2. The molecule has 0 radical (unpaired) electrons. The highest BCUT2D eigenvalue weighted by molar-refractivity contribution is 8.00. The lowest BCUT2D eigenvalue weighted by atomic mass is 10.1. The van der Waals surface area contributed by atoms with Gasteiger partial charge in [0, 0.05) is 12.1 Å². The Morgan fingerprint density at radius 1 is 1.08 bits per heavy atom. The van der Waals surface area contributed by atoms with Crippen molar-refractivity contribution in [1.82, 2.24) is 10.3 Å². The monoisotopic (exact) mass is 521 g/mol. The number of carboxylic acid groups (broad SMARTS) is 1. The van der Waals surface area contributed by atoms with Crippen LogP contribution in [0.3, 0.4) is 0 Å². The number of carbonyl (C=O) groups excluding carboxylic acids is 1. The molecule has 37 heavy (non-hydrogen) atoms. The fourth-order valence-corrected chi connectivity index (χ4v) is 4.62. The van der Waals surface area contributed by atoms with Crippen molar-refractivity contribution < 1.29 is 28.6 Å². The first-order valence-corrected chi connectivity index (χ1v) is 12.2. The minimum atomic E-state index is -0.961.